The molecule has 0 unspecified atom stereocenters. The smallest absolute Gasteiger partial charge is 0.137 e. The Hall–Kier alpha value is -7.89. The molecule has 3 heterocycles. The number of rotatable bonds is 11. The highest BCUT2D eigenvalue weighted by Crippen LogP contribution is 2.50. The summed E-state index contributed by atoms with van der Waals surface area (Å²) >= 11 is 0. The van der Waals surface area contributed by atoms with E-state index in [0.717, 1.165) is 50.7 Å². The van der Waals surface area contributed by atoms with Crippen molar-refractivity contribution in [1.82, 2.24) is 9.55 Å². The zero-order valence-electron chi connectivity index (χ0n) is 46.5. The van der Waals surface area contributed by atoms with Crippen LogP contribution in [0.2, 0.25) is 0 Å². The zero-order valence-corrected chi connectivity index (χ0v) is 46.5. The maximum absolute atomic E-state index is 7.20. The molecule has 382 valence electrons. The van der Waals surface area contributed by atoms with E-state index < -0.39 is 0 Å². The van der Waals surface area contributed by atoms with Gasteiger partial charge in [0.1, 0.15) is 24.0 Å². The molecule has 0 radical (unpaired) electrons. The van der Waals surface area contributed by atoms with Gasteiger partial charge in [-0.05, 0) is 122 Å². The standard InChI is InChI=1S/C71H72N4O/c1-67(2,3)51-32-35-63-65(43-51)74(56-39-53(69(7,8)48-24-16-13-17-25-48)38-54(40-56)70(9,10)49-26-18-14-19-27-49)47-73(63)57-41-55(71(11,12)50-28-20-15-21-29-50)42-59(45-57)76-58-33-34-61-60-30-22-23-31-62(60)75(64(61)46-58)66-44-52(36-37-72-66)68(4,5)6/h13-46H,47H2,1-12H3. The summed E-state index contributed by atoms with van der Waals surface area (Å²) in [6.07, 6.45) is 1.94. The molecule has 0 atom stereocenters. The molecule has 2 aromatic heterocycles. The minimum absolute atomic E-state index is 0.0334. The molecule has 1 aliphatic heterocycles. The summed E-state index contributed by atoms with van der Waals surface area (Å²) in [4.78, 5) is 10.0. The van der Waals surface area contributed by atoms with Crippen molar-refractivity contribution < 1.29 is 4.74 Å². The molecule has 11 rings (SSSR count). The van der Waals surface area contributed by atoms with Crippen LogP contribution in [0.15, 0.2) is 206 Å². The summed E-state index contributed by atoms with van der Waals surface area (Å²) in [7, 11) is 0. The average molecular weight is 997 g/mol. The van der Waals surface area contributed by atoms with Crippen LogP contribution in [-0.4, -0.2) is 16.2 Å². The molecule has 0 spiro atoms. The molecule has 1 aliphatic rings. The third-order valence-corrected chi connectivity index (χ3v) is 16.5. The van der Waals surface area contributed by atoms with Crippen molar-refractivity contribution in [2.24, 2.45) is 0 Å². The lowest BCUT2D eigenvalue weighted by Crippen LogP contribution is -2.27. The minimum Gasteiger partial charge on any atom is -0.457 e. The Morgan fingerprint density at radius 3 is 1.41 bits per heavy atom. The van der Waals surface area contributed by atoms with E-state index in [9.17, 15) is 0 Å². The van der Waals surface area contributed by atoms with Crippen LogP contribution in [0.3, 0.4) is 0 Å². The largest absolute Gasteiger partial charge is 0.457 e. The molecule has 0 amide bonds. The van der Waals surface area contributed by atoms with Crippen LogP contribution in [0, 0.1) is 0 Å². The van der Waals surface area contributed by atoms with Crippen molar-refractivity contribution in [2.45, 2.75) is 110 Å². The Balaban J connectivity index is 1.08. The van der Waals surface area contributed by atoms with Gasteiger partial charge in [-0.2, -0.15) is 0 Å². The Kier molecular flexibility index (Phi) is 12.4. The molecule has 5 heteroatoms. The van der Waals surface area contributed by atoms with Gasteiger partial charge in [0.25, 0.3) is 0 Å². The second-order valence-electron chi connectivity index (χ2n) is 24.7. The first kappa shape index (κ1) is 50.3. The lowest BCUT2D eigenvalue weighted by Gasteiger charge is -2.33. The number of nitrogens with zero attached hydrogens (tertiary/aromatic N) is 4. The topological polar surface area (TPSA) is 33.5 Å². The maximum Gasteiger partial charge on any atom is 0.137 e. The fraction of sp³-hybridized carbons (Fsp3) is 0.254. The van der Waals surface area contributed by atoms with Gasteiger partial charge in [-0.15, -0.1) is 0 Å². The highest BCUT2D eigenvalue weighted by Gasteiger charge is 2.35. The van der Waals surface area contributed by atoms with Crippen molar-refractivity contribution in [2.75, 3.05) is 16.5 Å². The van der Waals surface area contributed by atoms with Crippen LogP contribution in [0.1, 0.15) is 128 Å². The van der Waals surface area contributed by atoms with Gasteiger partial charge in [-0.3, -0.25) is 4.57 Å². The van der Waals surface area contributed by atoms with E-state index in [1.807, 2.05) is 6.20 Å². The number of aromatic nitrogens is 2. The molecule has 0 saturated heterocycles. The lowest BCUT2D eigenvalue weighted by molar-refractivity contribution is 0.480. The predicted molar refractivity (Wildman–Crippen MR) is 320 cm³/mol. The summed E-state index contributed by atoms with van der Waals surface area (Å²) in [6, 6.07) is 73.6. The zero-order chi connectivity index (χ0) is 53.4. The number of fused-ring (bicyclic) bond motifs is 4. The van der Waals surface area contributed by atoms with Gasteiger partial charge < -0.3 is 14.5 Å². The van der Waals surface area contributed by atoms with E-state index in [2.05, 4.69) is 298 Å². The first-order chi connectivity index (χ1) is 36.2. The number of pyridine rings is 1. The molecule has 0 aliphatic carbocycles. The number of hydrogen-bond acceptors (Lipinski definition) is 4. The van der Waals surface area contributed by atoms with Crippen LogP contribution in [0.25, 0.3) is 27.6 Å². The molecule has 0 N–H and O–H groups in total. The molecule has 0 fully saturated rings. The summed E-state index contributed by atoms with van der Waals surface area (Å²) in [6.45, 7) is 28.4. The van der Waals surface area contributed by atoms with E-state index >= 15 is 0 Å². The Labute approximate surface area is 451 Å². The van der Waals surface area contributed by atoms with Crippen molar-refractivity contribution in [3.8, 4) is 17.3 Å². The minimum atomic E-state index is -0.358. The second kappa shape index (κ2) is 18.7. The summed E-state index contributed by atoms with van der Waals surface area (Å²) in [5.41, 5.74) is 15.8. The van der Waals surface area contributed by atoms with Crippen LogP contribution >= 0.6 is 0 Å². The van der Waals surface area contributed by atoms with Crippen LogP contribution < -0.4 is 14.5 Å². The number of hydrogen-bond donors (Lipinski definition) is 0. The number of para-hydroxylation sites is 1. The van der Waals surface area contributed by atoms with Crippen molar-refractivity contribution >= 4 is 44.6 Å². The van der Waals surface area contributed by atoms with Crippen LogP contribution in [0.4, 0.5) is 22.7 Å². The van der Waals surface area contributed by atoms with Gasteiger partial charge in [0.15, 0.2) is 0 Å². The van der Waals surface area contributed by atoms with Gasteiger partial charge in [0.05, 0.1) is 22.4 Å². The highest BCUT2D eigenvalue weighted by molar-refractivity contribution is 6.09. The average Bonchev–Trinajstić information content (AvgIpc) is 3.99. The first-order valence-electron chi connectivity index (χ1n) is 27.0. The quantitative estimate of drug-likeness (QED) is 0.129. The summed E-state index contributed by atoms with van der Waals surface area (Å²) in [5, 5.41) is 2.33. The van der Waals surface area contributed by atoms with Gasteiger partial charge >= 0.3 is 0 Å². The van der Waals surface area contributed by atoms with Gasteiger partial charge in [0, 0.05) is 56.7 Å². The number of ether oxygens (including phenoxy) is 1. The molecule has 0 saturated carbocycles. The van der Waals surface area contributed by atoms with E-state index in [-0.39, 0.29) is 27.1 Å². The molecule has 8 aromatic carbocycles. The Bertz CT molecular complexity index is 3690. The van der Waals surface area contributed by atoms with Gasteiger partial charge in [-0.25, -0.2) is 4.98 Å². The van der Waals surface area contributed by atoms with E-state index in [1.165, 1.54) is 55.7 Å². The molecule has 10 aromatic rings. The number of benzene rings is 8. The summed E-state index contributed by atoms with van der Waals surface area (Å²) < 4.78 is 9.49. The Morgan fingerprint density at radius 1 is 0.355 bits per heavy atom. The highest BCUT2D eigenvalue weighted by atomic mass is 16.5. The third-order valence-electron chi connectivity index (χ3n) is 16.5. The first-order valence-corrected chi connectivity index (χ1v) is 27.0. The molecular weight excluding hydrogens is 925 g/mol. The second-order valence-corrected chi connectivity index (χ2v) is 24.7. The monoisotopic (exact) mass is 997 g/mol. The fourth-order valence-electron chi connectivity index (χ4n) is 11.3. The normalized spacial score (nSPS) is 13.4. The predicted octanol–water partition coefficient (Wildman–Crippen LogP) is 18.8. The third kappa shape index (κ3) is 9.14. The number of anilines is 4. The van der Waals surface area contributed by atoms with Crippen LogP contribution in [0.5, 0.6) is 11.5 Å². The molecule has 5 nitrogen and oxygen atoms in total. The SMILES string of the molecule is CC(C)(C)c1ccnc(-n2c3ccccc3c3ccc(Oc4cc(N5CN(c6cc(C(C)(C)c7ccccc7)cc(C(C)(C)c7ccccc7)c6)c6cc(C(C)(C)C)ccc65)cc(C(C)(C)c5ccccc5)c4)cc32)c1. The molecular formula is C71H72N4O. The van der Waals surface area contributed by atoms with Gasteiger partial charge in [-0.1, -0.05) is 204 Å². The summed E-state index contributed by atoms with van der Waals surface area (Å²) in [5.74, 6) is 2.42. The lowest BCUT2D eigenvalue weighted by atomic mass is 9.73. The molecule has 76 heavy (non-hydrogen) atoms. The van der Waals surface area contributed by atoms with Crippen molar-refractivity contribution in [1.29, 1.82) is 0 Å². The van der Waals surface area contributed by atoms with Gasteiger partial charge in [0.2, 0.25) is 0 Å². The van der Waals surface area contributed by atoms with E-state index in [4.69, 9.17) is 9.72 Å². The molecule has 0 bridgehead atoms. The van der Waals surface area contributed by atoms with Crippen LogP contribution in [-0.2, 0) is 27.1 Å². The maximum atomic E-state index is 7.20. The fourth-order valence-corrected chi connectivity index (χ4v) is 11.3. The van der Waals surface area contributed by atoms with Crippen molar-refractivity contribution in [3.63, 3.8) is 0 Å². The Morgan fingerprint density at radius 2 is 0.842 bits per heavy atom. The van der Waals surface area contributed by atoms with Crippen molar-refractivity contribution in [3.05, 3.63) is 251 Å². The van der Waals surface area contributed by atoms with E-state index in [1.54, 1.807) is 0 Å². The van der Waals surface area contributed by atoms with E-state index in [0.29, 0.717) is 6.67 Å².